The molecule has 0 N–H and O–H groups in total. The van der Waals surface area contributed by atoms with E-state index in [0.29, 0.717) is 32.5 Å². The van der Waals surface area contributed by atoms with Gasteiger partial charge in [-0.05, 0) is 67.6 Å². The zero-order chi connectivity index (χ0) is 38.9. The first kappa shape index (κ1) is 50.2. The van der Waals surface area contributed by atoms with Crippen LogP contribution in [0.5, 0.6) is 0 Å². The third-order valence-corrected chi connectivity index (χ3v) is 6.95. The molecule has 0 atom stereocenters. The lowest BCUT2D eigenvalue weighted by atomic mass is 9.88. The highest BCUT2D eigenvalue weighted by Gasteiger charge is 2.12. The van der Waals surface area contributed by atoms with Crippen molar-refractivity contribution in [3.63, 3.8) is 0 Å². The van der Waals surface area contributed by atoms with Gasteiger partial charge in [0.15, 0.2) is 0 Å². The van der Waals surface area contributed by atoms with Crippen molar-refractivity contribution >= 4 is 0 Å². The Bertz CT molecular complexity index is 1290. The fraction of sp³-hybridized carbons (Fsp3) is 0.647. The van der Waals surface area contributed by atoms with E-state index in [1.807, 2.05) is 0 Å². The summed E-state index contributed by atoms with van der Waals surface area (Å²) in [7, 11) is 0. The van der Waals surface area contributed by atoms with Gasteiger partial charge in [0.2, 0.25) is 0 Å². The van der Waals surface area contributed by atoms with Crippen LogP contribution in [0, 0.1) is 68.0 Å². The first-order valence-electron chi connectivity index (χ1n) is 19.0. The maximum atomic E-state index is 3.28. The summed E-state index contributed by atoms with van der Waals surface area (Å²) in [5.74, 6) is 19.6. The third kappa shape index (κ3) is 35.3. The topological polar surface area (TPSA) is 0 Å². The van der Waals surface area contributed by atoms with Crippen LogP contribution in [0.2, 0.25) is 0 Å². The zero-order valence-electron chi connectivity index (χ0n) is 36.3. The molecule has 0 aliphatic carbocycles. The Kier molecular flexibility index (Phi) is 21.9. The summed E-state index contributed by atoms with van der Waals surface area (Å²) in [6.45, 7) is 40.3. The van der Waals surface area contributed by atoms with Crippen LogP contribution in [0.1, 0.15) is 180 Å². The quantitative estimate of drug-likeness (QED) is 0.280. The van der Waals surface area contributed by atoms with Crippen LogP contribution in [0.25, 0.3) is 0 Å². The van der Waals surface area contributed by atoms with Gasteiger partial charge in [-0.1, -0.05) is 192 Å². The van der Waals surface area contributed by atoms with E-state index in [4.69, 9.17) is 0 Å². The number of rotatable bonds is 4. The van der Waals surface area contributed by atoms with Gasteiger partial charge in [0.25, 0.3) is 0 Å². The summed E-state index contributed by atoms with van der Waals surface area (Å²) in [6, 6.07) is 17.8. The number of benzene rings is 2. The Balaban J connectivity index is 0. The van der Waals surface area contributed by atoms with E-state index in [9.17, 15) is 0 Å². The first-order valence-corrected chi connectivity index (χ1v) is 19.0. The van der Waals surface area contributed by atoms with E-state index in [-0.39, 0.29) is 7.43 Å². The van der Waals surface area contributed by atoms with E-state index in [0.717, 1.165) is 51.4 Å². The van der Waals surface area contributed by atoms with E-state index in [1.54, 1.807) is 0 Å². The van der Waals surface area contributed by atoms with Crippen LogP contribution in [0.3, 0.4) is 0 Å². The lowest BCUT2D eigenvalue weighted by Crippen LogP contribution is -2.08. The van der Waals surface area contributed by atoms with Gasteiger partial charge in [-0.2, -0.15) is 0 Å². The molecule has 0 spiro atoms. The molecule has 0 saturated carbocycles. The second-order valence-electron chi connectivity index (χ2n) is 21.5. The van der Waals surface area contributed by atoms with Gasteiger partial charge in [-0.3, -0.25) is 0 Å². The SMILES string of the molecule is C.CC(C)(C)CC#CCC(C)(C)C.CC(C)(C)CC#CCc1ccc(CC(C)(C)C)cc1.CC(C)(C)CC#CCc1ccc(CC(C)(C)C)cc1. The van der Waals surface area contributed by atoms with Crippen LogP contribution in [0.15, 0.2) is 48.5 Å². The van der Waals surface area contributed by atoms with E-state index in [2.05, 4.69) is 209 Å². The lowest BCUT2D eigenvalue weighted by molar-refractivity contribution is 0.411. The number of hydrogen-bond donors (Lipinski definition) is 0. The molecule has 286 valence electrons. The van der Waals surface area contributed by atoms with Gasteiger partial charge >= 0.3 is 0 Å². The van der Waals surface area contributed by atoms with Crippen molar-refractivity contribution < 1.29 is 0 Å². The highest BCUT2D eigenvalue weighted by atomic mass is 14.2. The molecule has 0 bridgehead atoms. The minimum atomic E-state index is 0. The summed E-state index contributed by atoms with van der Waals surface area (Å²) >= 11 is 0. The largest absolute Gasteiger partial charge is 0.103 e. The summed E-state index contributed by atoms with van der Waals surface area (Å²) in [4.78, 5) is 0. The van der Waals surface area contributed by atoms with Crippen LogP contribution >= 0.6 is 0 Å². The Morgan fingerprint density at radius 2 is 0.490 bits per heavy atom. The van der Waals surface area contributed by atoms with Crippen LogP contribution in [0.4, 0.5) is 0 Å². The van der Waals surface area contributed by atoms with Gasteiger partial charge in [0.1, 0.15) is 0 Å². The standard InChI is InChI=1S/2C19H28.C12H22.CH4/c2*1-18(2,3)14-8-7-9-16-10-12-17(13-11-16)15-19(4,5)6;1-11(2,3)9-7-8-10-12(4,5)6;/h2*10-13H,9,14-15H2,1-6H3;9-10H2,1-6H3;1H4. The summed E-state index contributed by atoms with van der Waals surface area (Å²) in [5, 5.41) is 0. The molecule has 0 heterocycles. The summed E-state index contributed by atoms with van der Waals surface area (Å²) in [5.41, 5.74) is 7.50. The smallest absolute Gasteiger partial charge is 0.0340 e. The fourth-order valence-electron chi connectivity index (χ4n) is 4.41. The zero-order valence-corrected chi connectivity index (χ0v) is 36.3. The van der Waals surface area contributed by atoms with E-state index >= 15 is 0 Å². The summed E-state index contributed by atoms with van der Waals surface area (Å²) < 4.78 is 0. The van der Waals surface area contributed by atoms with Crippen molar-refractivity contribution in [2.75, 3.05) is 0 Å². The summed E-state index contributed by atoms with van der Waals surface area (Å²) in [6.07, 6.45) is 7.93. The van der Waals surface area contributed by atoms with Crippen LogP contribution in [-0.2, 0) is 25.7 Å². The highest BCUT2D eigenvalue weighted by Crippen LogP contribution is 2.23. The molecule has 2 aromatic carbocycles. The van der Waals surface area contributed by atoms with Crippen molar-refractivity contribution in [1.29, 1.82) is 0 Å². The predicted molar refractivity (Wildman–Crippen MR) is 233 cm³/mol. The van der Waals surface area contributed by atoms with Crippen molar-refractivity contribution in [3.05, 3.63) is 70.8 Å². The maximum Gasteiger partial charge on any atom is 0.0340 e. The molecule has 51 heavy (non-hydrogen) atoms. The second kappa shape index (κ2) is 22.2. The molecule has 2 aromatic rings. The van der Waals surface area contributed by atoms with Gasteiger partial charge in [-0.15, -0.1) is 23.7 Å². The molecule has 0 aliphatic rings. The fourth-order valence-corrected chi connectivity index (χ4v) is 4.41. The molecular weight excluding hydrogens is 613 g/mol. The minimum absolute atomic E-state index is 0. The molecule has 0 fully saturated rings. The van der Waals surface area contributed by atoms with Crippen molar-refractivity contribution in [2.24, 2.45) is 32.5 Å². The molecule has 0 nitrogen and oxygen atoms in total. The van der Waals surface area contributed by atoms with Gasteiger partial charge in [0, 0.05) is 38.5 Å². The average molecular weight is 695 g/mol. The lowest BCUT2D eigenvalue weighted by Gasteiger charge is -2.18. The Hall–Kier alpha value is -2.88. The molecule has 0 aliphatic heterocycles. The Morgan fingerprint density at radius 3 is 0.686 bits per heavy atom. The average Bonchev–Trinajstić information content (AvgIpc) is 2.90. The van der Waals surface area contributed by atoms with Gasteiger partial charge < -0.3 is 0 Å². The van der Waals surface area contributed by atoms with E-state index in [1.165, 1.54) is 22.3 Å². The maximum absolute atomic E-state index is 3.28. The molecule has 0 saturated heterocycles. The first-order chi connectivity index (χ1) is 22.5. The van der Waals surface area contributed by atoms with Crippen molar-refractivity contribution in [3.8, 4) is 35.5 Å². The minimum Gasteiger partial charge on any atom is -0.103 e. The normalized spacial score (nSPS) is 11.7. The molecule has 0 amide bonds. The molecular formula is C51H82. The second-order valence-corrected chi connectivity index (χ2v) is 21.5. The third-order valence-electron chi connectivity index (χ3n) is 6.95. The van der Waals surface area contributed by atoms with Gasteiger partial charge in [0.05, 0.1) is 0 Å². The van der Waals surface area contributed by atoms with Crippen LogP contribution < -0.4 is 0 Å². The highest BCUT2D eigenvalue weighted by molar-refractivity contribution is 5.27. The van der Waals surface area contributed by atoms with Crippen molar-refractivity contribution in [2.45, 2.75) is 183 Å². The molecule has 0 radical (unpaired) electrons. The van der Waals surface area contributed by atoms with E-state index < -0.39 is 0 Å². The molecule has 0 unspecified atom stereocenters. The van der Waals surface area contributed by atoms with Crippen molar-refractivity contribution in [1.82, 2.24) is 0 Å². The molecule has 2 rings (SSSR count). The Morgan fingerprint density at radius 1 is 0.294 bits per heavy atom. The predicted octanol–water partition coefficient (Wildman–Crippen LogP) is 15.0. The molecule has 0 heteroatoms. The van der Waals surface area contributed by atoms with Gasteiger partial charge in [-0.25, -0.2) is 0 Å². The Labute approximate surface area is 321 Å². The van der Waals surface area contributed by atoms with Crippen LogP contribution in [-0.4, -0.2) is 0 Å². The monoisotopic (exact) mass is 695 g/mol. The molecule has 0 aromatic heterocycles. The number of hydrogen-bond acceptors (Lipinski definition) is 0.